The van der Waals surface area contributed by atoms with E-state index in [0.29, 0.717) is 18.4 Å². The first-order valence-corrected chi connectivity index (χ1v) is 11.7. The number of rotatable bonds is 8. The minimum Gasteiger partial charge on any atom is -0.326 e. The minimum absolute atomic E-state index is 0.0355. The van der Waals surface area contributed by atoms with E-state index >= 15 is 0 Å². The molecule has 0 bridgehead atoms. The smallest absolute Gasteiger partial charge is 0.230 e. The molecule has 0 unspecified atom stereocenters. The van der Waals surface area contributed by atoms with Crippen molar-refractivity contribution in [1.29, 1.82) is 0 Å². The summed E-state index contributed by atoms with van der Waals surface area (Å²) in [6.07, 6.45) is 1.95. The van der Waals surface area contributed by atoms with Crippen LogP contribution >= 0.6 is 11.3 Å². The van der Waals surface area contributed by atoms with Gasteiger partial charge in [-0.15, -0.1) is 11.3 Å². The van der Waals surface area contributed by atoms with Gasteiger partial charge in [-0.1, -0.05) is 68.8 Å². The first-order valence-electron chi connectivity index (χ1n) is 10.8. The number of benzene rings is 2. The Morgan fingerprint density at radius 3 is 2.40 bits per heavy atom. The van der Waals surface area contributed by atoms with Crippen LogP contribution in [0.4, 0.5) is 5.69 Å². The maximum absolute atomic E-state index is 13.5. The molecule has 0 radical (unpaired) electrons. The van der Waals surface area contributed by atoms with E-state index in [9.17, 15) is 4.79 Å². The lowest BCUT2D eigenvalue weighted by atomic mass is 9.99. The lowest BCUT2D eigenvalue weighted by Crippen LogP contribution is -2.45. The standard InChI is InChI=1S/C26H30N2OS/c1-3-18(2)24(27)17-28(26(29)23-16-22(23)25-10-7-15-30-25)21-13-11-20(12-14-21)19-8-5-4-6-9-19/h4-15,18,22-24H,3,16-17,27H2,1-2H3/t18-,22+,23+,24+/m0/s1. The van der Waals surface area contributed by atoms with Crippen LogP contribution in [0.15, 0.2) is 72.1 Å². The van der Waals surface area contributed by atoms with Crippen molar-refractivity contribution >= 4 is 22.9 Å². The normalized spacial score (nSPS) is 19.8. The molecule has 0 aliphatic heterocycles. The summed E-state index contributed by atoms with van der Waals surface area (Å²) < 4.78 is 0. The predicted molar refractivity (Wildman–Crippen MR) is 127 cm³/mol. The fourth-order valence-electron chi connectivity index (χ4n) is 3.97. The molecule has 156 valence electrons. The molecule has 3 nitrogen and oxygen atoms in total. The average molecular weight is 419 g/mol. The third kappa shape index (κ3) is 4.50. The Bertz CT molecular complexity index is 952. The molecule has 1 heterocycles. The van der Waals surface area contributed by atoms with Crippen molar-refractivity contribution in [1.82, 2.24) is 0 Å². The molecule has 2 N–H and O–H groups in total. The summed E-state index contributed by atoms with van der Waals surface area (Å²) in [5, 5.41) is 2.09. The first kappa shape index (κ1) is 20.8. The van der Waals surface area contributed by atoms with Crippen molar-refractivity contribution in [3.05, 3.63) is 77.0 Å². The monoisotopic (exact) mass is 418 g/mol. The van der Waals surface area contributed by atoms with Gasteiger partial charge in [-0.3, -0.25) is 4.79 Å². The van der Waals surface area contributed by atoms with Crippen molar-refractivity contribution in [2.75, 3.05) is 11.4 Å². The van der Waals surface area contributed by atoms with Gasteiger partial charge in [0, 0.05) is 35.0 Å². The molecular formula is C26H30N2OS. The quantitative estimate of drug-likeness (QED) is 0.493. The summed E-state index contributed by atoms with van der Waals surface area (Å²) in [6.45, 7) is 4.88. The van der Waals surface area contributed by atoms with Crippen LogP contribution in [0, 0.1) is 11.8 Å². The molecule has 3 aromatic rings. The molecule has 4 atom stereocenters. The van der Waals surface area contributed by atoms with Crippen LogP contribution in [-0.4, -0.2) is 18.5 Å². The highest BCUT2D eigenvalue weighted by molar-refractivity contribution is 7.10. The fourth-order valence-corrected chi connectivity index (χ4v) is 4.87. The summed E-state index contributed by atoms with van der Waals surface area (Å²) in [4.78, 5) is 16.7. The van der Waals surface area contributed by atoms with E-state index in [1.54, 1.807) is 11.3 Å². The van der Waals surface area contributed by atoms with Crippen molar-refractivity contribution < 1.29 is 4.79 Å². The highest BCUT2D eigenvalue weighted by Crippen LogP contribution is 2.50. The minimum atomic E-state index is -0.0355. The molecule has 1 fully saturated rings. The molecule has 30 heavy (non-hydrogen) atoms. The molecular weight excluding hydrogens is 388 g/mol. The van der Waals surface area contributed by atoms with Gasteiger partial charge in [0.2, 0.25) is 5.91 Å². The van der Waals surface area contributed by atoms with Gasteiger partial charge >= 0.3 is 0 Å². The Kier molecular flexibility index (Phi) is 6.35. The molecule has 1 aliphatic rings. The van der Waals surface area contributed by atoms with Crippen LogP contribution in [0.1, 0.15) is 37.5 Å². The van der Waals surface area contributed by atoms with E-state index in [1.807, 2.05) is 23.1 Å². The maximum Gasteiger partial charge on any atom is 0.230 e. The van der Waals surface area contributed by atoms with E-state index in [0.717, 1.165) is 24.1 Å². The zero-order valence-electron chi connectivity index (χ0n) is 17.7. The third-order valence-electron chi connectivity index (χ3n) is 6.34. The number of nitrogens with zero attached hydrogens (tertiary/aromatic N) is 1. The Labute approximate surface area is 183 Å². The van der Waals surface area contributed by atoms with Gasteiger partial charge < -0.3 is 10.6 Å². The van der Waals surface area contributed by atoms with Crippen molar-refractivity contribution in [3.63, 3.8) is 0 Å². The third-order valence-corrected chi connectivity index (χ3v) is 7.34. The van der Waals surface area contributed by atoms with Crippen LogP contribution in [0.3, 0.4) is 0 Å². The first-order chi connectivity index (χ1) is 14.6. The molecule has 1 aromatic heterocycles. The number of anilines is 1. The Morgan fingerprint density at radius 2 is 1.77 bits per heavy atom. The zero-order chi connectivity index (χ0) is 21.1. The van der Waals surface area contributed by atoms with Gasteiger partial charge in [-0.05, 0) is 47.0 Å². The van der Waals surface area contributed by atoms with Gasteiger partial charge in [-0.2, -0.15) is 0 Å². The van der Waals surface area contributed by atoms with Gasteiger partial charge in [0.05, 0.1) is 0 Å². The zero-order valence-corrected chi connectivity index (χ0v) is 18.5. The fraction of sp³-hybridized carbons (Fsp3) is 0.346. The van der Waals surface area contributed by atoms with Crippen LogP contribution < -0.4 is 10.6 Å². The van der Waals surface area contributed by atoms with Gasteiger partial charge in [0.1, 0.15) is 0 Å². The van der Waals surface area contributed by atoms with Crippen LogP contribution in [-0.2, 0) is 4.79 Å². The largest absolute Gasteiger partial charge is 0.326 e. The SMILES string of the molecule is CC[C@H](C)[C@H](N)CN(C(=O)[C@@H]1C[C@H]1c1cccs1)c1ccc(-c2ccccc2)cc1. The Morgan fingerprint density at radius 1 is 1.07 bits per heavy atom. The molecule has 1 amide bonds. The highest BCUT2D eigenvalue weighted by atomic mass is 32.1. The average Bonchev–Trinajstić information content (AvgIpc) is 3.41. The van der Waals surface area contributed by atoms with E-state index in [2.05, 4.69) is 67.8 Å². The van der Waals surface area contributed by atoms with Gasteiger partial charge in [-0.25, -0.2) is 0 Å². The second-order valence-corrected chi connectivity index (χ2v) is 9.35. The maximum atomic E-state index is 13.5. The molecule has 4 heteroatoms. The summed E-state index contributed by atoms with van der Waals surface area (Å²) in [7, 11) is 0. The van der Waals surface area contributed by atoms with E-state index in [-0.39, 0.29) is 17.9 Å². The molecule has 1 aliphatic carbocycles. The lowest BCUT2D eigenvalue weighted by molar-refractivity contribution is -0.120. The van der Waals surface area contributed by atoms with E-state index in [1.165, 1.54) is 10.4 Å². The van der Waals surface area contributed by atoms with Gasteiger partial charge in [0.15, 0.2) is 0 Å². The second-order valence-electron chi connectivity index (χ2n) is 8.38. The van der Waals surface area contributed by atoms with Crippen molar-refractivity contribution in [2.24, 2.45) is 17.6 Å². The lowest BCUT2D eigenvalue weighted by Gasteiger charge is -2.29. The van der Waals surface area contributed by atoms with E-state index < -0.39 is 0 Å². The predicted octanol–water partition coefficient (Wildman–Crippen LogP) is 5.93. The van der Waals surface area contributed by atoms with Crippen LogP contribution in [0.2, 0.25) is 0 Å². The number of carbonyl (C=O) groups excluding carboxylic acids is 1. The van der Waals surface area contributed by atoms with E-state index in [4.69, 9.17) is 5.73 Å². The number of nitrogens with two attached hydrogens (primary N) is 1. The number of hydrogen-bond acceptors (Lipinski definition) is 3. The second kappa shape index (κ2) is 9.15. The number of carbonyl (C=O) groups is 1. The van der Waals surface area contributed by atoms with Crippen LogP contribution in [0.5, 0.6) is 0 Å². The molecule has 0 spiro atoms. The molecule has 1 saturated carbocycles. The van der Waals surface area contributed by atoms with Crippen molar-refractivity contribution in [3.8, 4) is 11.1 Å². The number of thiophene rings is 1. The molecule has 0 saturated heterocycles. The topological polar surface area (TPSA) is 46.3 Å². The Balaban J connectivity index is 1.56. The number of hydrogen-bond donors (Lipinski definition) is 1. The molecule has 4 rings (SSSR count). The molecule has 2 aromatic carbocycles. The summed E-state index contributed by atoms with van der Waals surface area (Å²) in [5.41, 5.74) is 9.76. The van der Waals surface area contributed by atoms with Gasteiger partial charge in [0.25, 0.3) is 0 Å². The van der Waals surface area contributed by atoms with Crippen molar-refractivity contribution in [2.45, 2.75) is 38.6 Å². The summed E-state index contributed by atoms with van der Waals surface area (Å²) in [6, 6.07) is 22.8. The summed E-state index contributed by atoms with van der Waals surface area (Å²) in [5.74, 6) is 1.01. The number of amides is 1. The summed E-state index contributed by atoms with van der Waals surface area (Å²) >= 11 is 1.75. The Hall–Kier alpha value is -2.43. The highest BCUT2D eigenvalue weighted by Gasteiger charge is 2.46. The van der Waals surface area contributed by atoms with Crippen LogP contribution in [0.25, 0.3) is 11.1 Å².